The van der Waals surface area contributed by atoms with Crippen LogP contribution in [-0.4, -0.2) is 0 Å². The van der Waals surface area contributed by atoms with Gasteiger partial charge in [0.2, 0.25) is 0 Å². The molecule has 0 heterocycles. The number of hydrogen-bond acceptors (Lipinski definition) is 1. The van der Waals surface area contributed by atoms with Gasteiger partial charge in [0, 0.05) is 17.1 Å². The molecule has 9 aromatic carbocycles. The molecular formula is C50H35N. The second kappa shape index (κ2) is 13.3. The summed E-state index contributed by atoms with van der Waals surface area (Å²) in [6.07, 6.45) is 0. The average Bonchev–Trinajstić information content (AvgIpc) is 3.22. The normalized spacial score (nSPS) is 11.1. The minimum Gasteiger partial charge on any atom is -0.311 e. The van der Waals surface area contributed by atoms with Gasteiger partial charge in [0.05, 0.1) is 0 Å². The van der Waals surface area contributed by atoms with Crippen molar-refractivity contribution in [2.75, 3.05) is 4.90 Å². The lowest BCUT2D eigenvalue weighted by atomic mass is 9.93. The summed E-state index contributed by atoms with van der Waals surface area (Å²) in [7, 11) is 0. The zero-order chi connectivity index (χ0) is 34.0. The van der Waals surface area contributed by atoms with Gasteiger partial charge in [-0.3, -0.25) is 0 Å². The van der Waals surface area contributed by atoms with Crippen LogP contribution in [-0.2, 0) is 0 Å². The molecule has 0 amide bonds. The standard InChI is InChI=1S/C50H35N/c1-3-13-36(14-4-1)37-23-29-42(30-24-37)51(43-31-25-39(26-32-43)46-19-10-9-18-45(46)38-15-5-2-6-16-38)44-33-27-40(28-34-44)50-35-41-17-7-8-20-47(41)48-21-11-12-22-49(48)50/h1-35H. The summed E-state index contributed by atoms with van der Waals surface area (Å²) in [6, 6.07) is 76.5. The van der Waals surface area contributed by atoms with E-state index in [0.717, 1.165) is 17.1 Å². The van der Waals surface area contributed by atoms with Crippen LogP contribution in [0.4, 0.5) is 17.1 Å². The van der Waals surface area contributed by atoms with Crippen LogP contribution in [0.15, 0.2) is 212 Å². The van der Waals surface area contributed by atoms with Gasteiger partial charge in [0.1, 0.15) is 0 Å². The molecule has 0 unspecified atom stereocenters. The van der Waals surface area contributed by atoms with Gasteiger partial charge >= 0.3 is 0 Å². The van der Waals surface area contributed by atoms with Gasteiger partial charge in [-0.05, 0) is 109 Å². The summed E-state index contributed by atoms with van der Waals surface area (Å²) < 4.78 is 0. The number of fused-ring (bicyclic) bond motifs is 3. The average molecular weight is 650 g/mol. The molecule has 1 nitrogen and oxygen atoms in total. The number of hydrogen-bond donors (Lipinski definition) is 0. The van der Waals surface area contributed by atoms with Gasteiger partial charge in [-0.15, -0.1) is 0 Å². The third-order valence-corrected chi connectivity index (χ3v) is 9.89. The van der Waals surface area contributed by atoms with Crippen LogP contribution in [0.1, 0.15) is 0 Å². The molecule has 0 saturated heterocycles. The third kappa shape index (κ3) is 5.86. The number of benzene rings is 9. The van der Waals surface area contributed by atoms with Crippen molar-refractivity contribution in [3.05, 3.63) is 212 Å². The Bertz CT molecular complexity index is 2590. The highest BCUT2D eigenvalue weighted by Gasteiger charge is 2.16. The van der Waals surface area contributed by atoms with Crippen molar-refractivity contribution in [1.82, 2.24) is 0 Å². The van der Waals surface area contributed by atoms with Crippen LogP contribution in [0.3, 0.4) is 0 Å². The second-order valence-corrected chi connectivity index (χ2v) is 12.9. The van der Waals surface area contributed by atoms with E-state index in [2.05, 4.69) is 217 Å². The zero-order valence-corrected chi connectivity index (χ0v) is 28.2. The fourth-order valence-electron chi connectivity index (χ4n) is 7.36. The highest BCUT2D eigenvalue weighted by Crippen LogP contribution is 2.40. The first-order valence-electron chi connectivity index (χ1n) is 17.5. The SMILES string of the molecule is c1ccc(-c2ccc(N(c3ccc(-c4ccccc4-c4ccccc4)cc3)c3ccc(-c4cc5ccccc5c5ccccc45)cc3)cc2)cc1. The van der Waals surface area contributed by atoms with Crippen molar-refractivity contribution in [2.24, 2.45) is 0 Å². The quantitative estimate of drug-likeness (QED) is 0.155. The topological polar surface area (TPSA) is 3.24 Å². The Kier molecular flexibility index (Phi) is 7.92. The summed E-state index contributed by atoms with van der Waals surface area (Å²) in [4.78, 5) is 2.35. The van der Waals surface area contributed by atoms with E-state index in [4.69, 9.17) is 0 Å². The lowest BCUT2D eigenvalue weighted by Crippen LogP contribution is -2.09. The van der Waals surface area contributed by atoms with Crippen molar-refractivity contribution in [3.63, 3.8) is 0 Å². The maximum atomic E-state index is 2.35. The third-order valence-electron chi connectivity index (χ3n) is 9.89. The molecule has 0 N–H and O–H groups in total. The molecule has 9 rings (SSSR count). The Morgan fingerprint density at radius 1 is 0.235 bits per heavy atom. The van der Waals surface area contributed by atoms with Crippen molar-refractivity contribution in [3.8, 4) is 44.5 Å². The molecule has 51 heavy (non-hydrogen) atoms. The lowest BCUT2D eigenvalue weighted by Gasteiger charge is -2.26. The predicted molar refractivity (Wildman–Crippen MR) is 218 cm³/mol. The van der Waals surface area contributed by atoms with E-state index in [9.17, 15) is 0 Å². The Morgan fingerprint density at radius 3 is 1.18 bits per heavy atom. The van der Waals surface area contributed by atoms with Crippen molar-refractivity contribution < 1.29 is 0 Å². The Morgan fingerprint density at radius 2 is 0.608 bits per heavy atom. The molecular weight excluding hydrogens is 615 g/mol. The van der Waals surface area contributed by atoms with Crippen LogP contribution >= 0.6 is 0 Å². The van der Waals surface area contributed by atoms with Gasteiger partial charge in [0.25, 0.3) is 0 Å². The monoisotopic (exact) mass is 649 g/mol. The van der Waals surface area contributed by atoms with Crippen molar-refractivity contribution in [2.45, 2.75) is 0 Å². The number of rotatable bonds is 7. The van der Waals surface area contributed by atoms with E-state index >= 15 is 0 Å². The summed E-state index contributed by atoms with van der Waals surface area (Å²) >= 11 is 0. The van der Waals surface area contributed by atoms with Crippen molar-refractivity contribution >= 4 is 38.6 Å². The highest BCUT2D eigenvalue weighted by atomic mass is 15.1. The molecule has 240 valence electrons. The van der Waals surface area contributed by atoms with Gasteiger partial charge in [0.15, 0.2) is 0 Å². The van der Waals surface area contributed by atoms with Crippen LogP contribution in [0.2, 0.25) is 0 Å². The predicted octanol–water partition coefficient (Wildman–Crippen LogP) is 14.1. The fourth-order valence-corrected chi connectivity index (χ4v) is 7.36. The minimum absolute atomic E-state index is 1.10. The Hall–Kier alpha value is -6.70. The van der Waals surface area contributed by atoms with Gasteiger partial charge < -0.3 is 4.90 Å². The Labute approximate surface area is 299 Å². The summed E-state index contributed by atoms with van der Waals surface area (Å²) in [5, 5.41) is 5.09. The largest absolute Gasteiger partial charge is 0.311 e. The summed E-state index contributed by atoms with van der Waals surface area (Å²) in [6.45, 7) is 0. The molecule has 0 aromatic heterocycles. The first kappa shape index (κ1) is 30.4. The first-order valence-corrected chi connectivity index (χ1v) is 17.5. The van der Waals surface area contributed by atoms with E-state index in [1.807, 2.05) is 0 Å². The van der Waals surface area contributed by atoms with E-state index in [1.165, 1.54) is 66.1 Å². The van der Waals surface area contributed by atoms with Crippen LogP contribution in [0.25, 0.3) is 66.1 Å². The summed E-state index contributed by atoms with van der Waals surface area (Å²) in [5.74, 6) is 0. The molecule has 0 fully saturated rings. The van der Waals surface area contributed by atoms with Crippen molar-refractivity contribution in [1.29, 1.82) is 0 Å². The molecule has 0 atom stereocenters. The maximum absolute atomic E-state index is 2.35. The number of anilines is 3. The first-order chi connectivity index (χ1) is 25.3. The smallest absolute Gasteiger partial charge is 0.0462 e. The van der Waals surface area contributed by atoms with Crippen LogP contribution < -0.4 is 4.90 Å². The molecule has 0 spiro atoms. The van der Waals surface area contributed by atoms with Crippen LogP contribution in [0.5, 0.6) is 0 Å². The Balaban J connectivity index is 1.13. The van der Waals surface area contributed by atoms with E-state index in [1.54, 1.807) is 0 Å². The van der Waals surface area contributed by atoms with Crippen LogP contribution in [0, 0.1) is 0 Å². The molecule has 0 saturated carbocycles. The van der Waals surface area contributed by atoms with Gasteiger partial charge in [-0.25, -0.2) is 0 Å². The second-order valence-electron chi connectivity index (χ2n) is 12.9. The molecule has 0 aliphatic heterocycles. The molecule has 1 heteroatoms. The van der Waals surface area contributed by atoms with E-state index < -0.39 is 0 Å². The highest BCUT2D eigenvalue weighted by molar-refractivity contribution is 6.13. The molecule has 0 bridgehead atoms. The zero-order valence-electron chi connectivity index (χ0n) is 28.2. The molecule has 0 radical (unpaired) electrons. The summed E-state index contributed by atoms with van der Waals surface area (Å²) in [5.41, 5.74) is 13.0. The lowest BCUT2D eigenvalue weighted by molar-refractivity contribution is 1.28. The number of nitrogens with zero attached hydrogens (tertiary/aromatic N) is 1. The van der Waals surface area contributed by atoms with E-state index in [0.29, 0.717) is 0 Å². The maximum Gasteiger partial charge on any atom is 0.0462 e. The molecule has 0 aliphatic rings. The van der Waals surface area contributed by atoms with Gasteiger partial charge in [-0.1, -0.05) is 170 Å². The minimum atomic E-state index is 1.10. The molecule has 0 aliphatic carbocycles. The van der Waals surface area contributed by atoms with E-state index in [-0.39, 0.29) is 0 Å². The fraction of sp³-hybridized carbons (Fsp3) is 0. The molecule has 9 aromatic rings. The van der Waals surface area contributed by atoms with Gasteiger partial charge in [-0.2, -0.15) is 0 Å².